The number of methoxy groups -OCH3 is 1. The van der Waals surface area contributed by atoms with E-state index < -0.39 is 4.92 Å². The molecule has 0 radical (unpaired) electrons. The highest BCUT2D eigenvalue weighted by Gasteiger charge is 2.12. The van der Waals surface area contributed by atoms with E-state index in [-0.39, 0.29) is 11.4 Å². The van der Waals surface area contributed by atoms with Gasteiger partial charge in [-0.25, -0.2) is 0 Å². The molecule has 0 spiro atoms. The van der Waals surface area contributed by atoms with E-state index >= 15 is 0 Å². The lowest BCUT2D eigenvalue weighted by Crippen LogP contribution is -2.05. The quantitative estimate of drug-likeness (QED) is 0.409. The molecule has 14 heavy (non-hydrogen) atoms. The Morgan fingerprint density at radius 2 is 2.07 bits per heavy atom. The van der Waals surface area contributed by atoms with Gasteiger partial charge in [0.25, 0.3) is 0 Å². The molecule has 76 valence electrons. The van der Waals surface area contributed by atoms with Crippen molar-refractivity contribution in [2.45, 2.75) is 0 Å². The van der Waals surface area contributed by atoms with Gasteiger partial charge in [-0.15, -0.1) is 0 Å². The molecule has 0 heterocycles. The lowest BCUT2D eigenvalue weighted by Gasteiger charge is -2.04. The molecule has 5 heteroatoms. The first-order valence-corrected chi connectivity index (χ1v) is 4.11. The van der Waals surface area contributed by atoms with Crippen LogP contribution in [0.5, 0.6) is 5.75 Å². The second-order valence-electron chi connectivity index (χ2n) is 2.57. The van der Waals surface area contributed by atoms with Crippen molar-refractivity contribution in [1.82, 2.24) is 0 Å². The second-order valence-corrected chi connectivity index (χ2v) is 2.57. The molecule has 1 aromatic rings. The molecule has 1 aromatic carbocycles. The Labute approximate surface area is 81.4 Å². The molecule has 0 saturated heterocycles. The van der Waals surface area contributed by atoms with E-state index in [1.807, 2.05) is 0 Å². The third-order valence-corrected chi connectivity index (χ3v) is 1.61. The average molecular weight is 197 g/mol. The Balaban J connectivity index is 2.69. The molecule has 0 saturated carbocycles. The molecule has 5 nitrogen and oxygen atoms in total. The molecule has 0 aromatic heterocycles. The van der Waals surface area contributed by atoms with Crippen LogP contribution in [-0.2, 0) is 4.74 Å². The van der Waals surface area contributed by atoms with Crippen molar-refractivity contribution in [2.75, 3.05) is 20.3 Å². The molecule has 0 aliphatic rings. The molecule has 0 amide bonds. The van der Waals surface area contributed by atoms with Gasteiger partial charge in [-0.2, -0.15) is 0 Å². The highest BCUT2D eigenvalue weighted by molar-refractivity contribution is 5.45. The van der Waals surface area contributed by atoms with Gasteiger partial charge in [-0.1, -0.05) is 12.1 Å². The van der Waals surface area contributed by atoms with Gasteiger partial charge < -0.3 is 9.47 Å². The minimum Gasteiger partial charge on any atom is -0.484 e. The number of nitro groups is 1. The van der Waals surface area contributed by atoms with Crippen molar-refractivity contribution in [3.05, 3.63) is 34.4 Å². The van der Waals surface area contributed by atoms with Gasteiger partial charge in [-0.05, 0) is 6.07 Å². The van der Waals surface area contributed by atoms with Crippen molar-refractivity contribution in [3.63, 3.8) is 0 Å². The largest absolute Gasteiger partial charge is 0.484 e. The molecule has 0 unspecified atom stereocenters. The second kappa shape index (κ2) is 5.18. The van der Waals surface area contributed by atoms with Crippen LogP contribution in [0, 0.1) is 10.1 Å². The van der Waals surface area contributed by atoms with E-state index in [1.165, 1.54) is 6.07 Å². The van der Waals surface area contributed by atoms with Crippen LogP contribution in [0.3, 0.4) is 0 Å². The lowest BCUT2D eigenvalue weighted by molar-refractivity contribution is -0.385. The lowest BCUT2D eigenvalue weighted by atomic mass is 10.3. The van der Waals surface area contributed by atoms with Gasteiger partial charge >= 0.3 is 5.69 Å². The number of nitro benzene ring substituents is 1. The van der Waals surface area contributed by atoms with Gasteiger partial charge in [0.1, 0.15) is 6.61 Å². The number of hydrogen-bond donors (Lipinski definition) is 0. The summed E-state index contributed by atoms with van der Waals surface area (Å²) in [4.78, 5) is 10.1. The third-order valence-electron chi connectivity index (χ3n) is 1.61. The minimum atomic E-state index is -0.470. The standard InChI is InChI=1S/C9H11NO4/c1-13-6-7-14-9-5-3-2-4-8(9)10(11)12/h2-5H,6-7H2,1H3. The zero-order valence-corrected chi connectivity index (χ0v) is 7.80. The Morgan fingerprint density at radius 1 is 1.36 bits per heavy atom. The fourth-order valence-electron chi connectivity index (χ4n) is 0.965. The summed E-state index contributed by atoms with van der Waals surface area (Å²) in [5.41, 5.74) is -0.0244. The van der Waals surface area contributed by atoms with Crippen LogP contribution in [0.25, 0.3) is 0 Å². The number of rotatable bonds is 5. The Bertz CT molecular complexity index is 313. The first kappa shape index (κ1) is 10.5. The Kier molecular flexibility index (Phi) is 3.87. The van der Waals surface area contributed by atoms with E-state index in [9.17, 15) is 10.1 Å². The summed E-state index contributed by atoms with van der Waals surface area (Å²) in [6.45, 7) is 0.716. The topological polar surface area (TPSA) is 61.6 Å². The minimum absolute atomic E-state index is 0.0244. The molecule has 0 bridgehead atoms. The van der Waals surface area contributed by atoms with Gasteiger partial charge in [0.15, 0.2) is 5.75 Å². The highest BCUT2D eigenvalue weighted by Crippen LogP contribution is 2.25. The van der Waals surface area contributed by atoms with Crippen molar-refractivity contribution < 1.29 is 14.4 Å². The molecule has 0 N–H and O–H groups in total. The molecule has 0 aliphatic heterocycles. The molecular formula is C9H11NO4. The summed E-state index contributed by atoms with van der Waals surface area (Å²) in [6.07, 6.45) is 0. The number of para-hydroxylation sites is 2. The predicted octanol–water partition coefficient (Wildman–Crippen LogP) is 1.62. The smallest absolute Gasteiger partial charge is 0.310 e. The van der Waals surface area contributed by atoms with Crippen molar-refractivity contribution in [1.29, 1.82) is 0 Å². The Morgan fingerprint density at radius 3 is 2.71 bits per heavy atom. The van der Waals surface area contributed by atoms with E-state index in [1.54, 1.807) is 25.3 Å². The molecule has 0 aliphatic carbocycles. The first-order valence-electron chi connectivity index (χ1n) is 4.11. The maximum Gasteiger partial charge on any atom is 0.310 e. The summed E-state index contributed by atoms with van der Waals surface area (Å²) in [5, 5.41) is 10.5. The zero-order valence-electron chi connectivity index (χ0n) is 7.80. The third kappa shape index (κ3) is 2.70. The summed E-state index contributed by atoms with van der Waals surface area (Å²) in [6, 6.07) is 6.26. The van der Waals surface area contributed by atoms with Crippen molar-refractivity contribution >= 4 is 5.69 Å². The SMILES string of the molecule is COCCOc1ccccc1[N+](=O)[O-]. The number of nitrogens with zero attached hydrogens (tertiary/aromatic N) is 1. The number of benzene rings is 1. The van der Waals surface area contributed by atoms with Crippen LogP contribution < -0.4 is 4.74 Å². The summed E-state index contributed by atoms with van der Waals surface area (Å²) in [5.74, 6) is 0.273. The van der Waals surface area contributed by atoms with Gasteiger partial charge in [-0.3, -0.25) is 10.1 Å². The van der Waals surface area contributed by atoms with E-state index in [0.29, 0.717) is 13.2 Å². The molecule has 0 fully saturated rings. The van der Waals surface area contributed by atoms with Crippen LogP contribution in [0.1, 0.15) is 0 Å². The maximum absolute atomic E-state index is 10.5. The normalized spacial score (nSPS) is 9.79. The van der Waals surface area contributed by atoms with Gasteiger partial charge in [0, 0.05) is 13.2 Å². The van der Waals surface area contributed by atoms with Crippen molar-refractivity contribution in [3.8, 4) is 5.75 Å². The summed E-state index contributed by atoms with van der Waals surface area (Å²) >= 11 is 0. The number of hydrogen-bond acceptors (Lipinski definition) is 4. The monoisotopic (exact) mass is 197 g/mol. The maximum atomic E-state index is 10.5. The van der Waals surface area contributed by atoms with E-state index in [2.05, 4.69) is 0 Å². The molecular weight excluding hydrogens is 186 g/mol. The predicted molar refractivity (Wildman–Crippen MR) is 50.5 cm³/mol. The van der Waals surface area contributed by atoms with E-state index in [4.69, 9.17) is 9.47 Å². The zero-order chi connectivity index (χ0) is 10.4. The summed E-state index contributed by atoms with van der Waals surface area (Å²) in [7, 11) is 1.54. The van der Waals surface area contributed by atoms with Gasteiger partial charge in [0.2, 0.25) is 0 Å². The highest BCUT2D eigenvalue weighted by atomic mass is 16.6. The van der Waals surface area contributed by atoms with E-state index in [0.717, 1.165) is 0 Å². The van der Waals surface area contributed by atoms with Crippen molar-refractivity contribution in [2.24, 2.45) is 0 Å². The fourth-order valence-corrected chi connectivity index (χ4v) is 0.965. The van der Waals surface area contributed by atoms with Crippen LogP contribution in [-0.4, -0.2) is 25.2 Å². The first-order chi connectivity index (χ1) is 6.75. The van der Waals surface area contributed by atoms with Crippen LogP contribution in [0.15, 0.2) is 24.3 Å². The molecule has 1 rings (SSSR count). The fraction of sp³-hybridized carbons (Fsp3) is 0.333. The van der Waals surface area contributed by atoms with Crippen LogP contribution in [0.2, 0.25) is 0 Å². The molecule has 0 atom stereocenters. The number of ether oxygens (including phenoxy) is 2. The van der Waals surface area contributed by atoms with Crippen LogP contribution in [0.4, 0.5) is 5.69 Å². The summed E-state index contributed by atoms with van der Waals surface area (Å²) < 4.78 is 9.94. The Hall–Kier alpha value is -1.62. The van der Waals surface area contributed by atoms with Gasteiger partial charge in [0.05, 0.1) is 11.5 Å². The van der Waals surface area contributed by atoms with Crippen LogP contribution >= 0.6 is 0 Å². The average Bonchev–Trinajstić information content (AvgIpc) is 2.19.